The average molecular weight is 416 g/mol. The molecule has 0 atom stereocenters. The number of hydrogen-bond acceptors (Lipinski definition) is 8. The van der Waals surface area contributed by atoms with Gasteiger partial charge in [-0.15, -0.1) is 0 Å². The van der Waals surface area contributed by atoms with Crippen LogP contribution in [0.5, 0.6) is 0 Å². The van der Waals surface area contributed by atoms with Gasteiger partial charge in [0, 0.05) is 11.3 Å². The average Bonchev–Trinajstić information content (AvgIpc) is 2.66. The van der Waals surface area contributed by atoms with Gasteiger partial charge in [-0.05, 0) is 34.9 Å². The van der Waals surface area contributed by atoms with Gasteiger partial charge in [0.15, 0.2) is 11.0 Å². The number of thioether (sulfide) groups is 1. The van der Waals surface area contributed by atoms with Crippen LogP contribution in [0.2, 0.25) is 5.02 Å². The van der Waals surface area contributed by atoms with E-state index < -0.39 is 0 Å². The standard InChI is InChI=1S/C19H18ClN5O2S/c1-10(25-26-2)9-28-19-23-17(22-18(21)24-19)16-13-5-3-4-11-7-27-8-12(15(11)13)6-14(16)20/h3-6H,7-9H2,1-2H3,(H2,21,22,23,24)/b25-10+. The number of benzene rings is 2. The van der Waals surface area contributed by atoms with Gasteiger partial charge in [-0.2, -0.15) is 9.97 Å². The highest BCUT2D eigenvalue weighted by Gasteiger charge is 2.21. The number of oxime groups is 1. The first-order chi connectivity index (χ1) is 13.6. The maximum atomic E-state index is 6.63. The van der Waals surface area contributed by atoms with Crippen LogP contribution in [-0.2, 0) is 22.8 Å². The number of anilines is 1. The van der Waals surface area contributed by atoms with Crippen LogP contribution in [-0.4, -0.2) is 33.5 Å². The molecular formula is C19H18ClN5O2S. The second-order valence-electron chi connectivity index (χ2n) is 6.32. The van der Waals surface area contributed by atoms with E-state index in [4.69, 9.17) is 26.9 Å². The number of hydrogen-bond donors (Lipinski definition) is 1. The van der Waals surface area contributed by atoms with E-state index in [9.17, 15) is 0 Å². The highest BCUT2D eigenvalue weighted by atomic mass is 35.5. The molecule has 0 saturated heterocycles. The Morgan fingerprint density at radius 1 is 1.29 bits per heavy atom. The lowest BCUT2D eigenvalue weighted by Crippen LogP contribution is -2.07. The first-order valence-corrected chi connectivity index (χ1v) is 9.95. The quantitative estimate of drug-likeness (QED) is 0.381. The summed E-state index contributed by atoms with van der Waals surface area (Å²) in [6, 6.07) is 7.99. The van der Waals surface area contributed by atoms with Gasteiger partial charge in [-0.1, -0.05) is 46.7 Å². The summed E-state index contributed by atoms with van der Waals surface area (Å²) in [4.78, 5) is 18.0. The SMILES string of the molecule is CO/N=C(\C)CSc1nc(N)nc(-c2c(Cl)cc3c4c(cccc24)COC3)n1. The van der Waals surface area contributed by atoms with E-state index in [1.165, 1.54) is 18.9 Å². The third-order valence-electron chi connectivity index (χ3n) is 4.31. The Morgan fingerprint density at radius 3 is 2.93 bits per heavy atom. The third-order valence-corrected chi connectivity index (χ3v) is 5.61. The van der Waals surface area contributed by atoms with Crippen LogP contribution in [0, 0.1) is 0 Å². The summed E-state index contributed by atoms with van der Waals surface area (Å²) in [5, 5.41) is 7.09. The topological polar surface area (TPSA) is 95.5 Å². The number of rotatable bonds is 5. The smallest absolute Gasteiger partial charge is 0.224 e. The fraction of sp³-hybridized carbons (Fsp3) is 0.263. The molecule has 0 amide bonds. The van der Waals surface area contributed by atoms with Crippen LogP contribution in [0.4, 0.5) is 5.95 Å². The Balaban J connectivity index is 1.82. The monoisotopic (exact) mass is 415 g/mol. The molecule has 0 radical (unpaired) electrons. The predicted molar refractivity (Wildman–Crippen MR) is 112 cm³/mol. The molecule has 4 rings (SSSR count). The van der Waals surface area contributed by atoms with Gasteiger partial charge in [-0.25, -0.2) is 4.98 Å². The van der Waals surface area contributed by atoms with E-state index >= 15 is 0 Å². The van der Waals surface area contributed by atoms with Crippen molar-refractivity contribution in [2.24, 2.45) is 5.16 Å². The number of halogens is 1. The zero-order chi connectivity index (χ0) is 19.7. The molecule has 2 N–H and O–H groups in total. The molecule has 9 heteroatoms. The number of nitrogens with zero attached hydrogens (tertiary/aromatic N) is 4. The van der Waals surface area contributed by atoms with Gasteiger partial charge in [0.05, 0.1) is 23.9 Å². The van der Waals surface area contributed by atoms with Gasteiger partial charge >= 0.3 is 0 Å². The Bertz CT molecular complexity index is 1090. The molecular weight excluding hydrogens is 398 g/mol. The molecule has 28 heavy (non-hydrogen) atoms. The van der Waals surface area contributed by atoms with Crippen LogP contribution in [0.15, 0.2) is 34.6 Å². The zero-order valence-electron chi connectivity index (χ0n) is 15.4. The Hall–Kier alpha value is -2.42. The molecule has 2 aromatic carbocycles. The second-order valence-corrected chi connectivity index (χ2v) is 7.67. The van der Waals surface area contributed by atoms with Crippen LogP contribution in [0.3, 0.4) is 0 Å². The van der Waals surface area contributed by atoms with Crippen molar-refractivity contribution < 1.29 is 9.57 Å². The molecule has 3 aromatic rings. The van der Waals surface area contributed by atoms with Crippen molar-refractivity contribution in [2.45, 2.75) is 25.3 Å². The lowest BCUT2D eigenvalue weighted by atomic mass is 9.94. The van der Waals surface area contributed by atoms with Gasteiger partial charge in [0.2, 0.25) is 5.95 Å². The first kappa shape index (κ1) is 18.9. The Labute approximate surface area is 171 Å². The normalized spacial score (nSPS) is 13.8. The van der Waals surface area contributed by atoms with Gasteiger partial charge in [-0.3, -0.25) is 0 Å². The maximum Gasteiger partial charge on any atom is 0.224 e. The van der Waals surface area contributed by atoms with Crippen molar-refractivity contribution in [1.82, 2.24) is 15.0 Å². The predicted octanol–water partition coefficient (Wildman–Crippen LogP) is 4.07. The number of nitrogen functional groups attached to an aromatic ring is 1. The van der Waals surface area contributed by atoms with E-state index in [2.05, 4.69) is 26.2 Å². The highest BCUT2D eigenvalue weighted by Crippen LogP contribution is 2.39. The summed E-state index contributed by atoms with van der Waals surface area (Å²) in [6.45, 7) is 2.98. The lowest BCUT2D eigenvalue weighted by molar-refractivity contribution is 0.103. The van der Waals surface area contributed by atoms with Crippen molar-refractivity contribution in [2.75, 3.05) is 18.6 Å². The molecule has 0 bridgehead atoms. The molecule has 0 saturated carbocycles. The fourth-order valence-electron chi connectivity index (χ4n) is 3.25. The molecule has 1 aromatic heterocycles. The van der Waals surface area contributed by atoms with Gasteiger partial charge < -0.3 is 15.3 Å². The van der Waals surface area contributed by atoms with Gasteiger partial charge in [0.25, 0.3) is 0 Å². The zero-order valence-corrected chi connectivity index (χ0v) is 17.0. The minimum absolute atomic E-state index is 0.147. The summed E-state index contributed by atoms with van der Waals surface area (Å²) in [6.07, 6.45) is 0. The fourth-order valence-corrected chi connectivity index (χ4v) is 4.26. The minimum Gasteiger partial charge on any atom is -0.399 e. The first-order valence-electron chi connectivity index (χ1n) is 8.59. The minimum atomic E-state index is 0.147. The molecule has 2 heterocycles. The summed E-state index contributed by atoms with van der Waals surface area (Å²) in [5.41, 5.74) is 9.71. The summed E-state index contributed by atoms with van der Waals surface area (Å²) in [5.74, 6) is 1.18. The van der Waals surface area contributed by atoms with E-state index in [-0.39, 0.29) is 5.95 Å². The lowest BCUT2D eigenvalue weighted by Gasteiger charge is -2.20. The van der Waals surface area contributed by atoms with Crippen molar-refractivity contribution in [3.63, 3.8) is 0 Å². The number of aromatic nitrogens is 3. The maximum absolute atomic E-state index is 6.63. The van der Waals surface area contributed by atoms with Crippen molar-refractivity contribution in [3.05, 3.63) is 40.4 Å². The molecule has 0 unspecified atom stereocenters. The van der Waals surface area contributed by atoms with E-state index in [0.29, 0.717) is 35.0 Å². The van der Waals surface area contributed by atoms with Crippen molar-refractivity contribution >= 4 is 45.8 Å². The Kier molecular flexibility index (Phi) is 5.34. The van der Waals surface area contributed by atoms with Crippen LogP contribution in [0.1, 0.15) is 18.1 Å². The molecule has 0 aliphatic carbocycles. The molecule has 1 aliphatic heterocycles. The molecule has 7 nitrogen and oxygen atoms in total. The van der Waals surface area contributed by atoms with Crippen LogP contribution >= 0.6 is 23.4 Å². The van der Waals surface area contributed by atoms with Crippen LogP contribution < -0.4 is 5.73 Å². The van der Waals surface area contributed by atoms with Crippen LogP contribution in [0.25, 0.3) is 22.2 Å². The number of nitrogens with two attached hydrogens (primary N) is 1. The van der Waals surface area contributed by atoms with Crippen molar-refractivity contribution in [1.29, 1.82) is 0 Å². The Morgan fingerprint density at radius 2 is 2.11 bits per heavy atom. The molecule has 0 fully saturated rings. The summed E-state index contributed by atoms with van der Waals surface area (Å²) < 4.78 is 5.65. The number of ether oxygens (including phenoxy) is 1. The third kappa shape index (κ3) is 3.63. The van der Waals surface area contributed by atoms with E-state index in [1.807, 2.05) is 25.1 Å². The van der Waals surface area contributed by atoms with Crippen molar-refractivity contribution in [3.8, 4) is 11.4 Å². The highest BCUT2D eigenvalue weighted by molar-refractivity contribution is 7.99. The summed E-state index contributed by atoms with van der Waals surface area (Å²) >= 11 is 8.04. The summed E-state index contributed by atoms with van der Waals surface area (Å²) in [7, 11) is 1.51. The molecule has 144 valence electrons. The van der Waals surface area contributed by atoms with Gasteiger partial charge in [0.1, 0.15) is 7.11 Å². The van der Waals surface area contributed by atoms with E-state index in [1.54, 1.807) is 0 Å². The second kappa shape index (κ2) is 7.90. The van der Waals surface area contributed by atoms with E-state index in [0.717, 1.165) is 33.2 Å². The largest absolute Gasteiger partial charge is 0.399 e. The molecule has 1 aliphatic rings. The molecule has 0 spiro atoms.